The molecule has 3 heteroatoms. The third-order valence-electron chi connectivity index (χ3n) is 2.84. The lowest BCUT2D eigenvalue weighted by Crippen LogP contribution is -2.04. The molecule has 0 saturated heterocycles. The van der Waals surface area contributed by atoms with Crippen LogP contribution in [0.5, 0.6) is 0 Å². The average molecular weight is 191 g/mol. The second kappa shape index (κ2) is 3.96. The number of rotatable bonds is 3. The number of hydrogen-bond donors (Lipinski definition) is 2. The van der Waals surface area contributed by atoms with E-state index in [4.69, 9.17) is 5.73 Å². The summed E-state index contributed by atoms with van der Waals surface area (Å²) in [4.78, 5) is 0. The van der Waals surface area contributed by atoms with Gasteiger partial charge in [0.25, 0.3) is 0 Å². The first-order chi connectivity index (χ1) is 6.83. The Morgan fingerprint density at radius 1 is 1.43 bits per heavy atom. The van der Waals surface area contributed by atoms with Crippen LogP contribution in [0.15, 0.2) is 6.58 Å². The van der Waals surface area contributed by atoms with Crippen molar-refractivity contribution < 1.29 is 0 Å². The maximum Gasteiger partial charge on any atom is 0.0909 e. The zero-order valence-electron chi connectivity index (χ0n) is 8.47. The molecule has 0 aromatic carbocycles. The Morgan fingerprint density at radius 2 is 2.21 bits per heavy atom. The van der Waals surface area contributed by atoms with E-state index in [1.165, 1.54) is 24.1 Å². The van der Waals surface area contributed by atoms with Crippen LogP contribution in [-0.4, -0.2) is 16.7 Å². The van der Waals surface area contributed by atoms with Crippen LogP contribution in [0.1, 0.15) is 36.2 Å². The molecule has 0 aliphatic heterocycles. The first-order valence-electron chi connectivity index (χ1n) is 5.27. The molecule has 1 aromatic rings. The molecule has 0 amide bonds. The maximum atomic E-state index is 5.51. The highest BCUT2D eigenvalue weighted by Gasteiger charge is 2.17. The summed E-state index contributed by atoms with van der Waals surface area (Å²) in [6.07, 6.45) is 5.67. The zero-order valence-corrected chi connectivity index (χ0v) is 8.47. The largest absolute Gasteiger partial charge is 0.330 e. The predicted molar refractivity (Wildman–Crippen MR) is 57.9 cm³/mol. The number of H-pyrrole nitrogens is 1. The Balaban J connectivity index is 2.25. The average Bonchev–Trinajstić information content (AvgIpc) is 2.61. The molecular formula is C11H17N3. The van der Waals surface area contributed by atoms with Crippen molar-refractivity contribution in [3.8, 4) is 0 Å². The monoisotopic (exact) mass is 191 g/mol. The summed E-state index contributed by atoms with van der Waals surface area (Å²) in [5, 5.41) is 7.45. The molecule has 3 nitrogen and oxygen atoms in total. The van der Waals surface area contributed by atoms with Crippen molar-refractivity contribution >= 4 is 5.57 Å². The Bertz CT molecular complexity index is 338. The van der Waals surface area contributed by atoms with Gasteiger partial charge in [-0.1, -0.05) is 6.58 Å². The van der Waals surface area contributed by atoms with E-state index in [2.05, 4.69) is 16.8 Å². The van der Waals surface area contributed by atoms with Gasteiger partial charge in [0.05, 0.1) is 5.69 Å². The van der Waals surface area contributed by atoms with Crippen LogP contribution in [0.25, 0.3) is 5.57 Å². The number of nitrogens with one attached hydrogen (secondary N) is 1. The molecule has 1 aromatic heterocycles. The molecule has 0 saturated carbocycles. The summed E-state index contributed by atoms with van der Waals surface area (Å²) < 4.78 is 0. The zero-order chi connectivity index (χ0) is 9.97. The highest BCUT2D eigenvalue weighted by molar-refractivity contribution is 5.64. The molecule has 0 bridgehead atoms. The van der Waals surface area contributed by atoms with Gasteiger partial charge < -0.3 is 5.73 Å². The number of aromatic nitrogens is 2. The smallest absolute Gasteiger partial charge is 0.0909 e. The van der Waals surface area contributed by atoms with Crippen LogP contribution in [0.4, 0.5) is 0 Å². The summed E-state index contributed by atoms with van der Waals surface area (Å²) in [7, 11) is 0. The Kier molecular flexibility index (Phi) is 2.68. The van der Waals surface area contributed by atoms with Crippen LogP contribution in [0.3, 0.4) is 0 Å². The van der Waals surface area contributed by atoms with Crippen molar-refractivity contribution in [3.05, 3.63) is 23.5 Å². The van der Waals surface area contributed by atoms with E-state index in [0.717, 1.165) is 30.5 Å². The summed E-state index contributed by atoms with van der Waals surface area (Å²) >= 11 is 0. The number of aromatic amines is 1. The molecule has 1 heterocycles. The first kappa shape index (κ1) is 9.46. The fourth-order valence-corrected chi connectivity index (χ4v) is 2.07. The van der Waals surface area contributed by atoms with E-state index in [-0.39, 0.29) is 0 Å². The van der Waals surface area contributed by atoms with Gasteiger partial charge >= 0.3 is 0 Å². The SMILES string of the molecule is C=C(CCN)c1n[nH]c2c1CCCC2. The van der Waals surface area contributed by atoms with Gasteiger partial charge in [-0.25, -0.2) is 0 Å². The second-order valence-electron chi connectivity index (χ2n) is 3.88. The van der Waals surface area contributed by atoms with E-state index in [0.29, 0.717) is 6.54 Å². The van der Waals surface area contributed by atoms with E-state index in [1.54, 1.807) is 0 Å². The fraction of sp³-hybridized carbons (Fsp3) is 0.545. The minimum absolute atomic E-state index is 0.653. The van der Waals surface area contributed by atoms with E-state index in [9.17, 15) is 0 Å². The molecule has 3 N–H and O–H groups in total. The predicted octanol–water partition coefficient (Wildman–Crippen LogP) is 1.65. The Labute approximate surface area is 84.4 Å². The normalized spacial score (nSPS) is 15.2. The third-order valence-corrected chi connectivity index (χ3v) is 2.84. The second-order valence-corrected chi connectivity index (χ2v) is 3.88. The van der Waals surface area contributed by atoms with Crippen molar-refractivity contribution in [1.29, 1.82) is 0 Å². The summed E-state index contributed by atoms with van der Waals surface area (Å²) in [6.45, 7) is 4.69. The molecule has 0 radical (unpaired) electrons. The molecule has 1 aliphatic rings. The van der Waals surface area contributed by atoms with Crippen molar-refractivity contribution in [2.24, 2.45) is 5.73 Å². The molecule has 14 heavy (non-hydrogen) atoms. The van der Waals surface area contributed by atoms with Crippen molar-refractivity contribution in [1.82, 2.24) is 10.2 Å². The summed E-state index contributed by atoms with van der Waals surface area (Å²) in [5.41, 5.74) is 10.4. The van der Waals surface area contributed by atoms with Gasteiger partial charge in [-0.3, -0.25) is 5.10 Å². The minimum Gasteiger partial charge on any atom is -0.330 e. The highest BCUT2D eigenvalue weighted by atomic mass is 15.1. The highest BCUT2D eigenvalue weighted by Crippen LogP contribution is 2.26. The molecule has 0 spiro atoms. The van der Waals surface area contributed by atoms with Crippen molar-refractivity contribution in [2.45, 2.75) is 32.1 Å². The van der Waals surface area contributed by atoms with Crippen molar-refractivity contribution in [2.75, 3.05) is 6.54 Å². The molecule has 0 atom stereocenters. The Morgan fingerprint density at radius 3 is 3.00 bits per heavy atom. The summed E-state index contributed by atoms with van der Waals surface area (Å²) in [5.74, 6) is 0. The number of aryl methyl sites for hydroxylation is 1. The van der Waals surface area contributed by atoms with Gasteiger partial charge in [-0.05, 0) is 44.2 Å². The molecule has 76 valence electrons. The molecule has 1 aliphatic carbocycles. The van der Waals surface area contributed by atoms with Gasteiger partial charge in [0.2, 0.25) is 0 Å². The van der Waals surface area contributed by atoms with Crippen LogP contribution in [0.2, 0.25) is 0 Å². The molecule has 0 unspecified atom stereocenters. The van der Waals surface area contributed by atoms with Crippen molar-refractivity contribution in [3.63, 3.8) is 0 Å². The number of hydrogen-bond acceptors (Lipinski definition) is 2. The standard InChI is InChI=1S/C11H17N3/c1-8(6-7-12)11-9-4-2-3-5-10(9)13-14-11/h1-7,12H2,(H,13,14). The van der Waals surface area contributed by atoms with E-state index >= 15 is 0 Å². The van der Waals surface area contributed by atoms with Crippen LogP contribution < -0.4 is 5.73 Å². The number of nitrogens with two attached hydrogens (primary N) is 1. The first-order valence-corrected chi connectivity index (χ1v) is 5.27. The number of fused-ring (bicyclic) bond motifs is 1. The van der Waals surface area contributed by atoms with Gasteiger partial charge in [0.1, 0.15) is 0 Å². The lowest BCUT2D eigenvalue weighted by molar-refractivity contribution is 0.674. The topological polar surface area (TPSA) is 54.7 Å². The van der Waals surface area contributed by atoms with E-state index < -0.39 is 0 Å². The Hall–Kier alpha value is -1.09. The van der Waals surface area contributed by atoms with Gasteiger partial charge in [0.15, 0.2) is 0 Å². The van der Waals surface area contributed by atoms with Gasteiger partial charge in [-0.2, -0.15) is 5.10 Å². The lowest BCUT2D eigenvalue weighted by atomic mass is 9.93. The van der Waals surface area contributed by atoms with Crippen LogP contribution in [0, 0.1) is 0 Å². The number of nitrogens with zero attached hydrogens (tertiary/aromatic N) is 1. The fourth-order valence-electron chi connectivity index (χ4n) is 2.07. The van der Waals surface area contributed by atoms with Gasteiger partial charge in [0, 0.05) is 11.3 Å². The van der Waals surface area contributed by atoms with Gasteiger partial charge in [-0.15, -0.1) is 0 Å². The minimum atomic E-state index is 0.653. The van der Waals surface area contributed by atoms with E-state index in [1.807, 2.05) is 0 Å². The molecule has 0 fully saturated rings. The molecular weight excluding hydrogens is 174 g/mol. The van der Waals surface area contributed by atoms with Crippen LogP contribution >= 0.6 is 0 Å². The third kappa shape index (κ3) is 1.60. The maximum absolute atomic E-state index is 5.51. The lowest BCUT2D eigenvalue weighted by Gasteiger charge is -2.11. The quantitative estimate of drug-likeness (QED) is 0.763. The van der Waals surface area contributed by atoms with Crippen LogP contribution in [-0.2, 0) is 12.8 Å². The summed E-state index contributed by atoms with van der Waals surface area (Å²) in [6, 6.07) is 0. The molecule has 2 rings (SSSR count).